The highest BCUT2D eigenvalue weighted by Gasteiger charge is 2.22. The fourth-order valence-corrected chi connectivity index (χ4v) is 4.57. The molecule has 0 amide bonds. The van der Waals surface area contributed by atoms with Gasteiger partial charge in [-0.2, -0.15) is 0 Å². The number of hydrogen-bond donors (Lipinski definition) is 0. The smallest absolute Gasteiger partial charge is 0.267 e. The summed E-state index contributed by atoms with van der Waals surface area (Å²) in [6, 6.07) is 7.55. The van der Waals surface area contributed by atoms with E-state index in [4.69, 9.17) is 0 Å². The highest BCUT2D eigenvalue weighted by atomic mass is 32.1. The number of hydrogen-bond acceptors (Lipinski definition) is 3. The molecule has 0 unspecified atom stereocenters. The van der Waals surface area contributed by atoms with Crippen molar-refractivity contribution < 1.29 is 4.39 Å². The van der Waals surface area contributed by atoms with Crippen LogP contribution in [0.5, 0.6) is 0 Å². The molecule has 1 aliphatic carbocycles. The van der Waals surface area contributed by atoms with Crippen LogP contribution in [0.3, 0.4) is 0 Å². The molecule has 118 valence electrons. The maximum atomic E-state index is 13.5. The summed E-state index contributed by atoms with van der Waals surface area (Å²) in [6.45, 7) is 1.24. The van der Waals surface area contributed by atoms with Crippen molar-refractivity contribution >= 4 is 21.6 Å². The first-order chi connectivity index (χ1) is 11.2. The van der Waals surface area contributed by atoms with Gasteiger partial charge in [0.1, 0.15) is 17.3 Å². The first-order valence-electron chi connectivity index (χ1n) is 7.88. The molecule has 23 heavy (non-hydrogen) atoms. The second-order valence-corrected chi connectivity index (χ2v) is 7.11. The third-order valence-corrected chi connectivity index (χ3v) is 5.66. The highest BCUT2D eigenvalue weighted by Crippen LogP contribution is 2.34. The highest BCUT2D eigenvalue weighted by molar-refractivity contribution is 7.18. The number of fused-ring (bicyclic) bond motifs is 3. The number of thiophene rings is 1. The molecule has 0 radical (unpaired) electrons. The van der Waals surface area contributed by atoms with Gasteiger partial charge < -0.3 is 0 Å². The molecule has 3 aromatic rings. The van der Waals surface area contributed by atoms with E-state index in [0.717, 1.165) is 36.8 Å². The summed E-state index contributed by atoms with van der Waals surface area (Å²) >= 11 is 1.56. The molecule has 0 saturated heterocycles. The molecular weight excluding hydrogens is 311 g/mol. The summed E-state index contributed by atoms with van der Waals surface area (Å²) in [7, 11) is 0. The molecule has 0 saturated carbocycles. The zero-order chi connectivity index (χ0) is 16.0. The summed E-state index contributed by atoms with van der Waals surface area (Å²) in [4.78, 5) is 19.5. The Morgan fingerprint density at radius 3 is 2.70 bits per heavy atom. The van der Waals surface area contributed by atoms with Gasteiger partial charge in [0.05, 0.1) is 11.1 Å². The Hall–Kier alpha value is -2.01. The Kier molecular flexibility index (Phi) is 3.53. The van der Waals surface area contributed by atoms with E-state index >= 15 is 0 Å². The number of benzene rings is 1. The zero-order valence-electron chi connectivity index (χ0n) is 12.9. The molecule has 2 heterocycles. The Morgan fingerprint density at radius 1 is 1.22 bits per heavy atom. The molecule has 0 aliphatic heterocycles. The second-order valence-electron chi connectivity index (χ2n) is 6.03. The standard InChI is InChI=1S/C18H17FN2OS/c1-11-6-8-12(9-7-11)21-15(10-19)20-17-16(18(21)22)13-4-2-3-5-14(13)23-17/h6-9H,2-5,10H2,1H3. The SMILES string of the molecule is Cc1ccc(-n2c(CF)nc3sc4c(c3c2=O)CCCC4)cc1. The molecule has 3 nitrogen and oxygen atoms in total. The molecule has 0 atom stereocenters. The molecule has 1 aliphatic rings. The predicted octanol–water partition coefficient (Wildman–Crippen LogP) is 4.10. The number of aromatic nitrogens is 2. The molecule has 0 spiro atoms. The van der Waals surface area contributed by atoms with Crippen molar-refractivity contribution in [3.63, 3.8) is 0 Å². The van der Waals surface area contributed by atoms with Crippen LogP contribution in [0.2, 0.25) is 0 Å². The number of aryl methyl sites for hydroxylation is 3. The van der Waals surface area contributed by atoms with Gasteiger partial charge in [-0.05, 0) is 50.3 Å². The van der Waals surface area contributed by atoms with Crippen LogP contribution < -0.4 is 5.56 Å². The van der Waals surface area contributed by atoms with Crippen LogP contribution in [-0.4, -0.2) is 9.55 Å². The summed E-state index contributed by atoms with van der Waals surface area (Å²) < 4.78 is 15.0. The molecule has 1 aromatic carbocycles. The molecule has 2 aromatic heterocycles. The molecule has 5 heteroatoms. The zero-order valence-corrected chi connectivity index (χ0v) is 13.8. The number of halogens is 1. The van der Waals surface area contributed by atoms with Gasteiger partial charge in [-0.25, -0.2) is 9.37 Å². The van der Waals surface area contributed by atoms with Crippen molar-refractivity contribution in [2.75, 3.05) is 0 Å². The Morgan fingerprint density at radius 2 is 1.96 bits per heavy atom. The molecule has 4 rings (SSSR count). The first-order valence-corrected chi connectivity index (χ1v) is 8.70. The minimum atomic E-state index is -0.748. The van der Waals surface area contributed by atoms with Crippen LogP contribution in [-0.2, 0) is 19.5 Å². The number of alkyl halides is 1. The van der Waals surface area contributed by atoms with Crippen molar-refractivity contribution in [1.82, 2.24) is 9.55 Å². The van der Waals surface area contributed by atoms with E-state index < -0.39 is 6.67 Å². The van der Waals surface area contributed by atoms with E-state index in [-0.39, 0.29) is 11.4 Å². The van der Waals surface area contributed by atoms with E-state index in [2.05, 4.69) is 4.98 Å². The van der Waals surface area contributed by atoms with Crippen molar-refractivity contribution in [3.05, 3.63) is 56.4 Å². The third kappa shape index (κ3) is 2.30. The summed E-state index contributed by atoms with van der Waals surface area (Å²) in [6.07, 6.45) is 4.19. The maximum Gasteiger partial charge on any atom is 0.267 e. The van der Waals surface area contributed by atoms with E-state index in [1.165, 1.54) is 9.44 Å². The van der Waals surface area contributed by atoms with Gasteiger partial charge in [0.15, 0.2) is 0 Å². The van der Waals surface area contributed by atoms with Gasteiger partial charge in [-0.3, -0.25) is 9.36 Å². The lowest BCUT2D eigenvalue weighted by atomic mass is 9.97. The Labute approximate surface area is 137 Å². The molecule has 0 N–H and O–H groups in total. The molecular formula is C18H17FN2OS. The summed E-state index contributed by atoms with van der Waals surface area (Å²) in [5, 5.41) is 0.697. The van der Waals surface area contributed by atoms with Gasteiger partial charge in [-0.15, -0.1) is 11.3 Å². The fourth-order valence-electron chi connectivity index (χ4n) is 3.30. The molecule has 0 bridgehead atoms. The van der Waals surface area contributed by atoms with Gasteiger partial charge in [0, 0.05) is 4.88 Å². The van der Waals surface area contributed by atoms with Crippen LogP contribution in [0.15, 0.2) is 29.1 Å². The quantitative estimate of drug-likeness (QED) is 0.710. The number of rotatable bonds is 2. The van der Waals surface area contributed by atoms with Crippen LogP contribution >= 0.6 is 11.3 Å². The van der Waals surface area contributed by atoms with Crippen LogP contribution in [0.4, 0.5) is 4.39 Å². The van der Waals surface area contributed by atoms with Crippen LogP contribution in [0, 0.1) is 6.92 Å². The van der Waals surface area contributed by atoms with Crippen LogP contribution in [0.1, 0.15) is 34.7 Å². The van der Waals surface area contributed by atoms with E-state index in [9.17, 15) is 9.18 Å². The monoisotopic (exact) mass is 328 g/mol. The largest absolute Gasteiger partial charge is 0.268 e. The second kappa shape index (κ2) is 5.57. The van der Waals surface area contributed by atoms with Crippen molar-refractivity contribution in [1.29, 1.82) is 0 Å². The Bertz CT molecular complexity index is 940. The first kappa shape index (κ1) is 14.6. The normalized spacial score (nSPS) is 14.2. The number of nitrogens with zero attached hydrogens (tertiary/aromatic N) is 2. The topological polar surface area (TPSA) is 34.9 Å². The third-order valence-electron chi connectivity index (χ3n) is 4.47. The van der Waals surface area contributed by atoms with Crippen LogP contribution in [0.25, 0.3) is 15.9 Å². The minimum Gasteiger partial charge on any atom is -0.268 e. The van der Waals surface area contributed by atoms with Gasteiger partial charge in [0.25, 0.3) is 5.56 Å². The Balaban J connectivity index is 2.04. The van der Waals surface area contributed by atoms with Gasteiger partial charge in [-0.1, -0.05) is 17.7 Å². The van der Waals surface area contributed by atoms with E-state index in [0.29, 0.717) is 15.9 Å². The average Bonchev–Trinajstić information content (AvgIpc) is 2.94. The van der Waals surface area contributed by atoms with Crippen molar-refractivity contribution in [2.24, 2.45) is 0 Å². The summed E-state index contributed by atoms with van der Waals surface area (Å²) in [5.41, 5.74) is 2.79. The van der Waals surface area contributed by atoms with E-state index in [1.807, 2.05) is 31.2 Å². The maximum absolute atomic E-state index is 13.5. The lowest BCUT2D eigenvalue weighted by Crippen LogP contribution is -2.23. The predicted molar refractivity (Wildman–Crippen MR) is 91.4 cm³/mol. The lowest BCUT2D eigenvalue weighted by molar-refractivity contribution is 0.457. The van der Waals surface area contributed by atoms with Crippen molar-refractivity contribution in [3.8, 4) is 5.69 Å². The lowest BCUT2D eigenvalue weighted by Gasteiger charge is -2.12. The van der Waals surface area contributed by atoms with E-state index in [1.54, 1.807) is 11.3 Å². The van der Waals surface area contributed by atoms with Crippen molar-refractivity contribution in [2.45, 2.75) is 39.3 Å². The average molecular weight is 328 g/mol. The molecule has 0 fully saturated rings. The fraction of sp³-hybridized carbons (Fsp3) is 0.333. The minimum absolute atomic E-state index is 0.133. The summed E-state index contributed by atoms with van der Waals surface area (Å²) in [5.74, 6) is 0.185. The van der Waals surface area contributed by atoms with Gasteiger partial charge in [0.2, 0.25) is 0 Å². The van der Waals surface area contributed by atoms with Gasteiger partial charge >= 0.3 is 0 Å².